The van der Waals surface area contributed by atoms with Gasteiger partial charge in [0.15, 0.2) is 0 Å². The molecule has 0 spiro atoms. The number of anilines is 1. The van der Waals surface area contributed by atoms with E-state index < -0.39 is 0 Å². The van der Waals surface area contributed by atoms with Crippen molar-refractivity contribution < 1.29 is 0 Å². The lowest BCUT2D eigenvalue weighted by molar-refractivity contribution is 0.522. The molecule has 2 aromatic rings. The first-order valence-electron chi connectivity index (χ1n) is 5.75. The Morgan fingerprint density at radius 3 is 2.88 bits per heavy atom. The highest BCUT2D eigenvalue weighted by atomic mass is 15.1. The molecule has 3 nitrogen and oxygen atoms in total. The van der Waals surface area contributed by atoms with Gasteiger partial charge in [-0.15, -0.1) is 0 Å². The number of aryl methyl sites for hydroxylation is 2. The second kappa shape index (κ2) is 3.67. The fraction of sp³-hybridized carbons (Fsp3) is 0.308. The molecule has 2 N–H and O–H groups in total. The van der Waals surface area contributed by atoms with Crippen LogP contribution >= 0.6 is 0 Å². The zero-order valence-electron chi connectivity index (χ0n) is 9.19. The van der Waals surface area contributed by atoms with Gasteiger partial charge in [0.25, 0.3) is 0 Å². The molecule has 1 aliphatic rings. The van der Waals surface area contributed by atoms with E-state index in [-0.39, 0.29) is 0 Å². The number of imidazole rings is 1. The predicted octanol–water partition coefficient (Wildman–Crippen LogP) is 2.47. The molecule has 1 aromatic carbocycles. The Bertz CT molecular complexity index is 490. The average Bonchev–Trinajstić information content (AvgIpc) is 2.73. The zero-order chi connectivity index (χ0) is 11.0. The quantitative estimate of drug-likeness (QED) is 0.739. The summed E-state index contributed by atoms with van der Waals surface area (Å²) < 4.78 is 2.26. The van der Waals surface area contributed by atoms with E-state index in [0.717, 1.165) is 29.9 Å². The Balaban J connectivity index is 2.07. The largest absolute Gasteiger partial charge is 0.398 e. The van der Waals surface area contributed by atoms with Crippen molar-refractivity contribution in [3.05, 3.63) is 36.3 Å². The van der Waals surface area contributed by atoms with Crippen LogP contribution in [0, 0.1) is 0 Å². The van der Waals surface area contributed by atoms with Gasteiger partial charge in [0.05, 0.1) is 5.69 Å². The van der Waals surface area contributed by atoms with E-state index in [4.69, 9.17) is 5.73 Å². The van der Waals surface area contributed by atoms with Crippen LogP contribution in [-0.2, 0) is 13.0 Å². The third-order valence-corrected chi connectivity index (χ3v) is 3.15. The number of nitrogens with two attached hydrogens (primary N) is 1. The highest BCUT2D eigenvalue weighted by molar-refractivity contribution is 5.73. The lowest BCUT2D eigenvalue weighted by Crippen LogP contribution is -2.08. The summed E-state index contributed by atoms with van der Waals surface area (Å²) in [6, 6.07) is 7.91. The van der Waals surface area contributed by atoms with Gasteiger partial charge in [-0.3, -0.25) is 0 Å². The van der Waals surface area contributed by atoms with Crippen molar-refractivity contribution in [2.45, 2.75) is 25.8 Å². The summed E-state index contributed by atoms with van der Waals surface area (Å²) in [4.78, 5) is 4.66. The van der Waals surface area contributed by atoms with Crippen LogP contribution in [0.3, 0.4) is 0 Å². The van der Waals surface area contributed by atoms with Crippen molar-refractivity contribution >= 4 is 5.69 Å². The molecular formula is C13H15N3. The first kappa shape index (κ1) is 9.46. The minimum atomic E-state index is 0.804. The highest BCUT2D eigenvalue weighted by Crippen LogP contribution is 2.26. The Kier molecular flexibility index (Phi) is 2.17. The average molecular weight is 213 g/mol. The van der Waals surface area contributed by atoms with Crippen LogP contribution in [-0.4, -0.2) is 9.55 Å². The molecular weight excluding hydrogens is 198 g/mol. The summed E-state index contributed by atoms with van der Waals surface area (Å²) in [6.07, 6.45) is 5.72. The SMILES string of the molecule is Nc1ccccc1-c1cn2c(n1)CCCC2. The van der Waals surface area contributed by atoms with Crippen molar-refractivity contribution in [1.82, 2.24) is 9.55 Å². The summed E-state index contributed by atoms with van der Waals surface area (Å²) in [5.74, 6) is 1.20. The van der Waals surface area contributed by atoms with Crippen LogP contribution in [0.2, 0.25) is 0 Å². The van der Waals surface area contributed by atoms with Crippen molar-refractivity contribution in [3.8, 4) is 11.3 Å². The number of fused-ring (bicyclic) bond motifs is 1. The smallest absolute Gasteiger partial charge is 0.109 e. The second-order valence-electron chi connectivity index (χ2n) is 4.28. The molecule has 0 atom stereocenters. The molecule has 0 saturated heterocycles. The summed E-state index contributed by atoms with van der Waals surface area (Å²) in [6.45, 7) is 1.09. The van der Waals surface area contributed by atoms with Gasteiger partial charge in [-0.2, -0.15) is 0 Å². The van der Waals surface area contributed by atoms with Crippen LogP contribution in [0.1, 0.15) is 18.7 Å². The highest BCUT2D eigenvalue weighted by Gasteiger charge is 2.13. The van der Waals surface area contributed by atoms with Crippen molar-refractivity contribution in [3.63, 3.8) is 0 Å². The monoisotopic (exact) mass is 213 g/mol. The number of benzene rings is 1. The van der Waals surface area contributed by atoms with E-state index >= 15 is 0 Å². The van der Waals surface area contributed by atoms with Gasteiger partial charge in [-0.25, -0.2) is 4.98 Å². The van der Waals surface area contributed by atoms with E-state index in [1.165, 1.54) is 18.7 Å². The Labute approximate surface area is 94.9 Å². The van der Waals surface area contributed by atoms with Crippen molar-refractivity contribution in [1.29, 1.82) is 0 Å². The molecule has 1 aromatic heterocycles. The maximum absolute atomic E-state index is 5.96. The Hall–Kier alpha value is -1.77. The topological polar surface area (TPSA) is 43.8 Å². The van der Waals surface area contributed by atoms with Crippen LogP contribution in [0.4, 0.5) is 5.69 Å². The van der Waals surface area contributed by atoms with E-state index in [2.05, 4.69) is 15.7 Å². The maximum atomic E-state index is 5.96. The summed E-state index contributed by atoms with van der Waals surface area (Å²) in [7, 11) is 0. The normalized spacial score (nSPS) is 14.8. The number of rotatable bonds is 1. The minimum Gasteiger partial charge on any atom is -0.398 e. The standard InChI is InChI=1S/C13H15N3/c14-11-6-2-1-5-10(11)12-9-16-8-4-3-7-13(16)15-12/h1-2,5-6,9H,3-4,7-8,14H2. The van der Waals surface area contributed by atoms with Crippen LogP contribution in [0.25, 0.3) is 11.3 Å². The number of para-hydroxylation sites is 1. The predicted molar refractivity (Wildman–Crippen MR) is 65.0 cm³/mol. The molecule has 0 fully saturated rings. The molecule has 82 valence electrons. The lowest BCUT2D eigenvalue weighted by atomic mass is 10.1. The van der Waals surface area contributed by atoms with Crippen LogP contribution in [0.5, 0.6) is 0 Å². The number of nitrogen functional groups attached to an aromatic ring is 1. The van der Waals surface area contributed by atoms with E-state index in [1.807, 2.05) is 24.3 Å². The molecule has 1 aliphatic heterocycles. The van der Waals surface area contributed by atoms with Gasteiger partial charge in [-0.05, 0) is 18.9 Å². The van der Waals surface area contributed by atoms with E-state index in [0.29, 0.717) is 0 Å². The lowest BCUT2D eigenvalue weighted by Gasteiger charge is -2.11. The molecule has 0 unspecified atom stereocenters. The first-order valence-corrected chi connectivity index (χ1v) is 5.75. The van der Waals surface area contributed by atoms with E-state index in [1.54, 1.807) is 0 Å². The number of hydrogen-bond donors (Lipinski definition) is 1. The number of aromatic nitrogens is 2. The van der Waals surface area contributed by atoms with Crippen molar-refractivity contribution in [2.24, 2.45) is 0 Å². The maximum Gasteiger partial charge on any atom is 0.109 e. The summed E-state index contributed by atoms with van der Waals surface area (Å²) >= 11 is 0. The molecule has 0 saturated carbocycles. The molecule has 3 heteroatoms. The third kappa shape index (κ3) is 1.48. The Morgan fingerprint density at radius 1 is 1.19 bits per heavy atom. The Morgan fingerprint density at radius 2 is 2.06 bits per heavy atom. The summed E-state index contributed by atoms with van der Waals surface area (Å²) in [5.41, 5.74) is 8.82. The van der Waals surface area contributed by atoms with Gasteiger partial charge in [-0.1, -0.05) is 18.2 Å². The molecule has 16 heavy (non-hydrogen) atoms. The molecule has 0 bridgehead atoms. The van der Waals surface area contributed by atoms with E-state index in [9.17, 15) is 0 Å². The number of nitrogens with zero attached hydrogens (tertiary/aromatic N) is 2. The summed E-state index contributed by atoms with van der Waals surface area (Å²) in [5, 5.41) is 0. The van der Waals surface area contributed by atoms with Crippen molar-refractivity contribution in [2.75, 3.05) is 5.73 Å². The fourth-order valence-electron chi connectivity index (χ4n) is 2.27. The molecule has 2 heterocycles. The molecule has 3 rings (SSSR count). The second-order valence-corrected chi connectivity index (χ2v) is 4.28. The fourth-order valence-corrected chi connectivity index (χ4v) is 2.27. The van der Waals surface area contributed by atoms with Gasteiger partial charge >= 0.3 is 0 Å². The molecule has 0 amide bonds. The molecule has 0 aliphatic carbocycles. The van der Waals surface area contributed by atoms with Gasteiger partial charge in [0.2, 0.25) is 0 Å². The third-order valence-electron chi connectivity index (χ3n) is 3.15. The number of hydrogen-bond acceptors (Lipinski definition) is 2. The van der Waals surface area contributed by atoms with Gasteiger partial charge in [0.1, 0.15) is 5.82 Å². The minimum absolute atomic E-state index is 0.804. The van der Waals surface area contributed by atoms with Crippen LogP contribution in [0.15, 0.2) is 30.5 Å². The molecule has 0 radical (unpaired) electrons. The van der Waals surface area contributed by atoms with Gasteiger partial charge in [0, 0.05) is 30.4 Å². The van der Waals surface area contributed by atoms with Crippen LogP contribution < -0.4 is 5.73 Å². The van der Waals surface area contributed by atoms with Gasteiger partial charge < -0.3 is 10.3 Å². The zero-order valence-corrected chi connectivity index (χ0v) is 9.19. The first-order chi connectivity index (χ1) is 7.84.